The van der Waals surface area contributed by atoms with Crippen molar-refractivity contribution in [1.29, 1.82) is 0 Å². The van der Waals surface area contributed by atoms with E-state index in [1.165, 1.54) is 5.56 Å². The fourth-order valence-electron chi connectivity index (χ4n) is 1.52. The van der Waals surface area contributed by atoms with Crippen LogP contribution in [0.3, 0.4) is 0 Å². The molecule has 0 atom stereocenters. The molecule has 1 rings (SSSR count). The van der Waals surface area contributed by atoms with Crippen LogP contribution in [0.2, 0.25) is 0 Å². The molecule has 1 aromatic carbocycles. The number of ether oxygens (including phenoxy) is 1. The molecule has 0 amide bonds. The molecule has 0 bridgehead atoms. The quantitative estimate of drug-likeness (QED) is 0.509. The Morgan fingerprint density at radius 1 is 1.00 bits per heavy atom. The Morgan fingerprint density at radius 3 is 2.39 bits per heavy atom. The van der Waals surface area contributed by atoms with Gasteiger partial charge < -0.3 is 4.74 Å². The van der Waals surface area contributed by atoms with Crippen LogP contribution >= 0.6 is 0 Å². The normalized spacial score (nSPS) is 11.6. The summed E-state index contributed by atoms with van der Waals surface area (Å²) < 4.78 is 31.1. The molecule has 0 saturated heterocycles. The minimum Gasteiger partial charge on any atom is -0.379 e. The van der Waals surface area contributed by atoms with E-state index < -0.39 is 10.1 Å². The molecule has 0 unspecified atom stereocenters. The fourth-order valence-corrected chi connectivity index (χ4v) is 1.90. The molecule has 0 aromatic heterocycles. The number of rotatable bonds is 9. The van der Waals surface area contributed by atoms with Crippen molar-refractivity contribution in [2.45, 2.75) is 19.3 Å². The van der Waals surface area contributed by atoms with Crippen LogP contribution in [0.4, 0.5) is 0 Å². The molecule has 0 aliphatic heterocycles. The molecule has 0 spiro atoms. The Balaban J connectivity index is 1.93. The first-order valence-electron chi connectivity index (χ1n) is 6.04. The van der Waals surface area contributed by atoms with Crippen LogP contribution in [0.5, 0.6) is 0 Å². The minimum absolute atomic E-state index is 0.0948. The van der Waals surface area contributed by atoms with Crippen LogP contribution in [0.15, 0.2) is 30.3 Å². The van der Waals surface area contributed by atoms with Crippen molar-refractivity contribution in [3.8, 4) is 0 Å². The molecule has 0 aliphatic rings. The maximum Gasteiger partial charge on any atom is 0.264 e. The molecule has 18 heavy (non-hydrogen) atoms. The monoisotopic (exact) mass is 272 g/mol. The van der Waals surface area contributed by atoms with E-state index >= 15 is 0 Å². The van der Waals surface area contributed by atoms with Crippen molar-refractivity contribution in [3.05, 3.63) is 35.9 Å². The van der Waals surface area contributed by atoms with E-state index in [1.54, 1.807) is 0 Å². The zero-order valence-corrected chi connectivity index (χ0v) is 11.5. The zero-order chi connectivity index (χ0) is 13.3. The molecule has 0 fully saturated rings. The van der Waals surface area contributed by atoms with Gasteiger partial charge in [0.2, 0.25) is 0 Å². The Bertz CT molecular complexity index is 414. The van der Waals surface area contributed by atoms with Gasteiger partial charge in [0.05, 0.1) is 19.5 Å². The van der Waals surface area contributed by atoms with E-state index in [-0.39, 0.29) is 6.61 Å². The lowest BCUT2D eigenvalue weighted by molar-refractivity contribution is 0.0997. The van der Waals surface area contributed by atoms with Crippen molar-refractivity contribution < 1.29 is 17.3 Å². The average Bonchev–Trinajstić information content (AvgIpc) is 2.32. The summed E-state index contributed by atoms with van der Waals surface area (Å²) in [6.07, 6.45) is 4.11. The third-order valence-electron chi connectivity index (χ3n) is 2.37. The van der Waals surface area contributed by atoms with E-state index in [9.17, 15) is 8.42 Å². The Labute approximate surface area is 109 Å². The first-order valence-corrected chi connectivity index (χ1v) is 7.86. The zero-order valence-electron chi connectivity index (χ0n) is 10.7. The van der Waals surface area contributed by atoms with Crippen LogP contribution in [0.1, 0.15) is 18.4 Å². The van der Waals surface area contributed by atoms with Gasteiger partial charge in [-0.05, 0) is 24.8 Å². The topological polar surface area (TPSA) is 52.6 Å². The van der Waals surface area contributed by atoms with Crippen molar-refractivity contribution in [1.82, 2.24) is 0 Å². The summed E-state index contributed by atoms with van der Waals surface area (Å²) in [7, 11) is -3.34. The maximum absolute atomic E-state index is 10.6. The lowest BCUT2D eigenvalue weighted by Gasteiger charge is -2.04. The highest BCUT2D eigenvalue weighted by Gasteiger charge is 2.00. The molecule has 0 N–H and O–H groups in total. The summed E-state index contributed by atoms with van der Waals surface area (Å²) in [5.41, 5.74) is 1.33. The number of unbranched alkanes of at least 4 members (excludes halogenated alkanes) is 1. The predicted molar refractivity (Wildman–Crippen MR) is 71.0 cm³/mol. The standard InChI is InChI=1S/C13H20O4S/c1-18(14,15)17-12-11-16-10-6-5-9-13-7-3-2-4-8-13/h2-4,7-8H,5-6,9-12H2,1H3. The highest BCUT2D eigenvalue weighted by Crippen LogP contribution is 2.04. The van der Waals surface area contributed by atoms with E-state index in [2.05, 4.69) is 16.3 Å². The average molecular weight is 272 g/mol. The fraction of sp³-hybridized carbons (Fsp3) is 0.538. The van der Waals surface area contributed by atoms with E-state index in [1.807, 2.05) is 18.2 Å². The van der Waals surface area contributed by atoms with Gasteiger partial charge >= 0.3 is 0 Å². The second-order valence-electron chi connectivity index (χ2n) is 4.08. The van der Waals surface area contributed by atoms with E-state index in [0.29, 0.717) is 13.2 Å². The molecule has 5 heteroatoms. The number of aryl methyl sites for hydroxylation is 1. The highest BCUT2D eigenvalue weighted by atomic mass is 32.2. The van der Waals surface area contributed by atoms with Crippen LogP contribution in [0.25, 0.3) is 0 Å². The van der Waals surface area contributed by atoms with Gasteiger partial charge in [-0.25, -0.2) is 0 Å². The van der Waals surface area contributed by atoms with Gasteiger partial charge in [-0.15, -0.1) is 0 Å². The minimum atomic E-state index is -3.34. The molecule has 0 heterocycles. The summed E-state index contributed by atoms with van der Waals surface area (Å²) >= 11 is 0. The Morgan fingerprint density at radius 2 is 1.72 bits per heavy atom. The summed E-state index contributed by atoms with van der Waals surface area (Å²) in [6, 6.07) is 10.3. The van der Waals surface area contributed by atoms with Gasteiger partial charge in [0.1, 0.15) is 0 Å². The highest BCUT2D eigenvalue weighted by molar-refractivity contribution is 7.85. The van der Waals surface area contributed by atoms with E-state index in [0.717, 1.165) is 25.5 Å². The maximum atomic E-state index is 10.6. The van der Waals surface area contributed by atoms with Gasteiger partial charge in [-0.2, -0.15) is 8.42 Å². The summed E-state index contributed by atoms with van der Waals surface area (Å²) in [5.74, 6) is 0. The number of benzene rings is 1. The molecule has 0 saturated carbocycles. The third kappa shape index (κ3) is 8.22. The number of hydrogen-bond donors (Lipinski definition) is 0. The molecule has 0 aliphatic carbocycles. The summed E-state index contributed by atoms with van der Waals surface area (Å²) in [6.45, 7) is 1.05. The molecular weight excluding hydrogens is 252 g/mol. The van der Waals surface area contributed by atoms with Crippen molar-refractivity contribution >= 4 is 10.1 Å². The molecule has 0 radical (unpaired) electrons. The van der Waals surface area contributed by atoms with Gasteiger partial charge in [-0.3, -0.25) is 4.18 Å². The molecular formula is C13H20O4S. The largest absolute Gasteiger partial charge is 0.379 e. The van der Waals surface area contributed by atoms with Crippen LogP contribution in [0, 0.1) is 0 Å². The van der Waals surface area contributed by atoms with Gasteiger partial charge in [0.15, 0.2) is 0 Å². The first-order chi connectivity index (χ1) is 8.58. The van der Waals surface area contributed by atoms with Gasteiger partial charge in [-0.1, -0.05) is 30.3 Å². The molecule has 4 nitrogen and oxygen atoms in total. The molecule has 102 valence electrons. The summed E-state index contributed by atoms with van der Waals surface area (Å²) in [4.78, 5) is 0. The van der Waals surface area contributed by atoms with Crippen LogP contribution in [-0.4, -0.2) is 34.5 Å². The van der Waals surface area contributed by atoms with E-state index in [4.69, 9.17) is 4.74 Å². The predicted octanol–water partition coefficient (Wildman–Crippen LogP) is 2.00. The number of hydrogen-bond acceptors (Lipinski definition) is 4. The van der Waals surface area contributed by atoms with Crippen molar-refractivity contribution in [3.63, 3.8) is 0 Å². The molecule has 1 aromatic rings. The van der Waals surface area contributed by atoms with Crippen LogP contribution < -0.4 is 0 Å². The first kappa shape index (κ1) is 15.1. The SMILES string of the molecule is CS(=O)(=O)OCCOCCCCc1ccccc1. The second kappa shape index (κ2) is 8.24. The Hall–Kier alpha value is -0.910. The summed E-state index contributed by atoms with van der Waals surface area (Å²) in [5, 5.41) is 0. The Kier molecular flexibility index (Phi) is 6.93. The van der Waals surface area contributed by atoms with Gasteiger partial charge in [0.25, 0.3) is 10.1 Å². The lowest BCUT2D eigenvalue weighted by Crippen LogP contribution is -2.10. The van der Waals surface area contributed by atoms with Crippen LogP contribution in [-0.2, 0) is 25.5 Å². The lowest BCUT2D eigenvalue weighted by atomic mass is 10.1. The second-order valence-corrected chi connectivity index (χ2v) is 5.73. The van der Waals surface area contributed by atoms with Crippen molar-refractivity contribution in [2.24, 2.45) is 0 Å². The van der Waals surface area contributed by atoms with Gasteiger partial charge in [0, 0.05) is 6.61 Å². The smallest absolute Gasteiger partial charge is 0.264 e. The third-order valence-corrected chi connectivity index (χ3v) is 2.97. The van der Waals surface area contributed by atoms with Crippen molar-refractivity contribution in [2.75, 3.05) is 26.1 Å².